The Balaban J connectivity index is 1.57. The van der Waals surface area contributed by atoms with E-state index in [1.54, 1.807) is 12.0 Å². The van der Waals surface area contributed by atoms with Crippen LogP contribution >= 0.6 is 22.9 Å². The van der Waals surface area contributed by atoms with Crippen molar-refractivity contribution in [2.45, 2.75) is 30.3 Å². The van der Waals surface area contributed by atoms with E-state index in [-0.39, 0.29) is 29.1 Å². The van der Waals surface area contributed by atoms with Crippen molar-refractivity contribution in [1.29, 1.82) is 0 Å². The van der Waals surface area contributed by atoms with Gasteiger partial charge in [-0.1, -0.05) is 29.0 Å². The average Bonchev–Trinajstić information content (AvgIpc) is 3.45. The van der Waals surface area contributed by atoms with Gasteiger partial charge in [-0.15, -0.1) is 0 Å². The van der Waals surface area contributed by atoms with E-state index in [1.807, 2.05) is 18.2 Å². The molecule has 1 amide bonds. The summed E-state index contributed by atoms with van der Waals surface area (Å²) in [5.41, 5.74) is 0.675. The van der Waals surface area contributed by atoms with Crippen LogP contribution in [0.1, 0.15) is 19.3 Å². The molecule has 3 aromatic rings. The zero-order valence-electron chi connectivity index (χ0n) is 17.5. The second-order valence-electron chi connectivity index (χ2n) is 7.47. The molecule has 4 rings (SSSR count). The number of anilines is 1. The van der Waals surface area contributed by atoms with Crippen molar-refractivity contribution in [2.75, 3.05) is 30.9 Å². The Labute approximate surface area is 195 Å². The molecule has 1 aliphatic rings. The van der Waals surface area contributed by atoms with Crippen molar-refractivity contribution in [2.24, 2.45) is 0 Å². The third-order valence-corrected chi connectivity index (χ3v) is 8.32. The fourth-order valence-electron chi connectivity index (χ4n) is 3.59. The van der Waals surface area contributed by atoms with Crippen molar-refractivity contribution in [3.63, 3.8) is 0 Å². The number of thiazole rings is 1. The highest BCUT2D eigenvalue weighted by Crippen LogP contribution is 2.35. The fraction of sp³-hybridized carbons (Fsp3) is 0.364. The molecule has 1 fully saturated rings. The molecule has 0 spiro atoms. The van der Waals surface area contributed by atoms with E-state index in [0.717, 1.165) is 17.5 Å². The second kappa shape index (κ2) is 9.74. The second-order valence-corrected chi connectivity index (χ2v) is 11.0. The average molecular weight is 495 g/mol. The SMILES string of the molecule is COc1cccc2sc(N(CC3CCCO3)C(=O)CCS(=O)(=O)c3ccc(Cl)cc3)nc12. The van der Waals surface area contributed by atoms with Crippen molar-refractivity contribution in [3.05, 3.63) is 47.5 Å². The van der Waals surface area contributed by atoms with Crippen LogP contribution in [-0.2, 0) is 19.4 Å². The number of ether oxygens (including phenoxy) is 2. The Hall–Kier alpha value is -2.20. The molecule has 0 aliphatic carbocycles. The number of carbonyl (C=O) groups excluding carboxylic acids is 1. The Morgan fingerprint density at radius 1 is 1.28 bits per heavy atom. The summed E-state index contributed by atoms with van der Waals surface area (Å²) in [6, 6.07) is 11.5. The van der Waals surface area contributed by atoms with E-state index in [0.29, 0.717) is 34.6 Å². The number of carbonyl (C=O) groups is 1. The molecule has 0 bridgehead atoms. The number of fused-ring (bicyclic) bond motifs is 1. The van der Waals surface area contributed by atoms with Crippen molar-refractivity contribution >= 4 is 54.0 Å². The lowest BCUT2D eigenvalue weighted by atomic mass is 10.2. The van der Waals surface area contributed by atoms with Gasteiger partial charge in [-0.05, 0) is 49.2 Å². The smallest absolute Gasteiger partial charge is 0.229 e. The summed E-state index contributed by atoms with van der Waals surface area (Å²) in [5, 5.41) is 0.961. The van der Waals surface area contributed by atoms with Crippen LogP contribution in [0.3, 0.4) is 0 Å². The standard InChI is InChI=1S/C22H23ClN2O5S2/c1-29-18-5-2-6-19-21(18)24-22(31-19)25(14-16-4-3-12-30-16)20(26)11-13-32(27,28)17-9-7-15(23)8-10-17/h2,5-10,16H,3-4,11-14H2,1H3. The lowest BCUT2D eigenvalue weighted by molar-refractivity contribution is -0.118. The van der Waals surface area contributed by atoms with Crippen LogP contribution in [-0.4, -0.2) is 51.4 Å². The predicted octanol–water partition coefficient (Wildman–Crippen LogP) is 4.33. The maximum absolute atomic E-state index is 13.2. The Morgan fingerprint density at radius 3 is 2.75 bits per heavy atom. The van der Waals surface area contributed by atoms with Gasteiger partial charge in [0.05, 0.1) is 35.1 Å². The van der Waals surface area contributed by atoms with Gasteiger partial charge in [0.25, 0.3) is 0 Å². The summed E-state index contributed by atoms with van der Waals surface area (Å²) in [4.78, 5) is 19.5. The van der Waals surface area contributed by atoms with Crippen molar-refractivity contribution < 1.29 is 22.7 Å². The highest BCUT2D eigenvalue weighted by molar-refractivity contribution is 7.91. The molecule has 170 valence electrons. The zero-order chi connectivity index (χ0) is 22.7. The lowest BCUT2D eigenvalue weighted by Gasteiger charge is -2.23. The Kier molecular flexibility index (Phi) is 6.99. The van der Waals surface area contributed by atoms with Crippen LogP contribution < -0.4 is 9.64 Å². The van der Waals surface area contributed by atoms with Gasteiger partial charge in [0.15, 0.2) is 15.0 Å². The molecule has 7 nitrogen and oxygen atoms in total. The molecule has 0 saturated carbocycles. The van der Waals surface area contributed by atoms with Crippen LogP contribution in [0.25, 0.3) is 10.2 Å². The molecular formula is C22H23ClN2O5S2. The molecule has 32 heavy (non-hydrogen) atoms. The number of methoxy groups -OCH3 is 1. The molecule has 1 aromatic heterocycles. The van der Waals surface area contributed by atoms with Crippen molar-refractivity contribution in [1.82, 2.24) is 4.98 Å². The van der Waals surface area contributed by atoms with Crippen molar-refractivity contribution in [3.8, 4) is 5.75 Å². The number of halogens is 1. The molecule has 2 aromatic carbocycles. The van der Waals surface area contributed by atoms with Gasteiger partial charge in [0, 0.05) is 18.1 Å². The molecule has 1 atom stereocenters. The maximum atomic E-state index is 13.2. The minimum absolute atomic E-state index is 0.0965. The Morgan fingerprint density at radius 2 is 2.06 bits per heavy atom. The summed E-state index contributed by atoms with van der Waals surface area (Å²) in [5.74, 6) is 0.0138. The summed E-state index contributed by atoms with van der Waals surface area (Å²) in [6.07, 6.45) is 1.53. The maximum Gasteiger partial charge on any atom is 0.229 e. The fourth-order valence-corrected chi connectivity index (χ4v) is 5.95. The van der Waals surface area contributed by atoms with Crippen LogP contribution in [0.15, 0.2) is 47.4 Å². The Bertz CT molecular complexity index is 1200. The number of aromatic nitrogens is 1. The van der Waals surface area contributed by atoms with E-state index in [4.69, 9.17) is 21.1 Å². The molecule has 0 radical (unpaired) electrons. The first-order valence-corrected chi connectivity index (χ1v) is 13.1. The highest BCUT2D eigenvalue weighted by Gasteiger charge is 2.28. The minimum Gasteiger partial charge on any atom is -0.494 e. The zero-order valence-corrected chi connectivity index (χ0v) is 19.9. The van der Waals surface area contributed by atoms with Gasteiger partial charge >= 0.3 is 0 Å². The van der Waals surface area contributed by atoms with Crippen LogP contribution in [0.4, 0.5) is 5.13 Å². The minimum atomic E-state index is -3.62. The first-order valence-electron chi connectivity index (χ1n) is 10.2. The summed E-state index contributed by atoms with van der Waals surface area (Å²) in [6.45, 7) is 0.993. The molecule has 1 unspecified atom stereocenters. The monoisotopic (exact) mass is 494 g/mol. The molecule has 1 saturated heterocycles. The number of rotatable bonds is 8. The van der Waals surface area contributed by atoms with Crippen LogP contribution in [0.2, 0.25) is 5.02 Å². The van der Waals surface area contributed by atoms with E-state index in [9.17, 15) is 13.2 Å². The molecular weight excluding hydrogens is 472 g/mol. The number of benzene rings is 2. The summed E-state index contributed by atoms with van der Waals surface area (Å²) >= 11 is 7.22. The van der Waals surface area contributed by atoms with E-state index < -0.39 is 9.84 Å². The quantitative estimate of drug-likeness (QED) is 0.463. The largest absolute Gasteiger partial charge is 0.494 e. The predicted molar refractivity (Wildman–Crippen MR) is 126 cm³/mol. The molecule has 0 N–H and O–H groups in total. The third kappa shape index (κ3) is 5.06. The van der Waals surface area contributed by atoms with Gasteiger partial charge in [0.2, 0.25) is 5.91 Å². The molecule has 10 heteroatoms. The molecule has 2 heterocycles. The van der Waals surface area contributed by atoms with Gasteiger partial charge in [0.1, 0.15) is 11.3 Å². The van der Waals surface area contributed by atoms with Gasteiger partial charge in [-0.25, -0.2) is 13.4 Å². The first kappa shape index (κ1) is 23.0. The third-order valence-electron chi connectivity index (χ3n) is 5.29. The number of para-hydroxylation sites is 1. The van der Waals surface area contributed by atoms with Gasteiger partial charge < -0.3 is 9.47 Å². The summed E-state index contributed by atoms with van der Waals surface area (Å²) < 4.78 is 37.4. The number of amides is 1. The summed E-state index contributed by atoms with van der Waals surface area (Å²) in [7, 11) is -2.05. The number of sulfone groups is 1. The highest BCUT2D eigenvalue weighted by atomic mass is 35.5. The van der Waals surface area contributed by atoms with Gasteiger partial charge in [-0.2, -0.15) is 0 Å². The van der Waals surface area contributed by atoms with Gasteiger partial charge in [-0.3, -0.25) is 9.69 Å². The van der Waals surface area contributed by atoms with Crippen LogP contribution in [0.5, 0.6) is 5.75 Å². The molecule has 1 aliphatic heterocycles. The number of hydrogen-bond donors (Lipinski definition) is 0. The van der Waals surface area contributed by atoms with E-state index >= 15 is 0 Å². The lowest BCUT2D eigenvalue weighted by Crippen LogP contribution is -2.38. The van der Waals surface area contributed by atoms with E-state index in [1.165, 1.54) is 35.6 Å². The van der Waals surface area contributed by atoms with Crippen LogP contribution in [0, 0.1) is 0 Å². The topological polar surface area (TPSA) is 85.8 Å². The van der Waals surface area contributed by atoms with E-state index in [2.05, 4.69) is 4.98 Å². The number of hydrogen-bond acceptors (Lipinski definition) is 7. The normalized spacial score (nSPS) is 16.4. The number of nitrogens with zero attached hydrogens (tertiary/aromatic N) is 2. The first-order chi connectivity index (χ1) is 15.4.